The summed E-state index contributed by atoms with van der Waals surface area (Å²) in [5.74, 6) is -1.03. The zero-order valence-electron chi connectivity index (χ0n) is 15.9. The van der Waals surface area contributed by atoms with Gasteiger partial charge in [-0.1, -0.05) is 6.58 Å². The predicted molar refractivity (Wildman–Crippen MR) is 101 cm³/mol. The molecule has 0 bridgehead atoms. The number of carbonyl (C=O) groups excluding carboxylic acids is 3. The van der Waals surface area contributed by atoms with Crippen LogP contribution in [0.2, 0.25) is 0 Å². The summed E-state index contributed by atoms with van der Waals surface area (Å²) in [5, 5.41) is 2.67. The fourth-order valence-corrected chi connectivity index (χ4v) is 4.31. The zero-order chi connectivity index (χ0) is 19.3. The Morgan fingerprint density at radius 2 is 1.56 bits per heavy atom. The Hall–Kier alpha value is -2.47. The average molecular weight is 367 g/mol. The first-order chi connectivity index (χ1) is 12.9. The molecule has 3 amide bonds. The second-order valence-electron chi connectivity index (χ2n) is 7.92. The lowest BCUT2D eigenvalue weighted by atomic mass is 9.96. The number of hydrogen-bond acceptors (Lipinski definition) is 4. The molecule has 1 unspecified atom stereocenters. The van der Waals surface area contributed by atoms with E-state index in [-0.39, 0.29) is 17.7 Å². The summed E-state index contributed by atoms with van der Waals surface area (Å²) in [7, 11) is 0. The van der Waals surface area contributed by atoms with Crippen molar-refractivity contribution in [2.75, 3.05) is 13.1 Å². The molecule has 6 heteroatoms. The monoisotopic (exact) mass is 367 g/mol. The van der Waals surface area contributed by atoms with Gasteiger partial charge in [-0.2, -0.15) is 0 Å². The topological polar surface area (TPSA) is 69.7 Å². The van der Waals surface area contributed by atoms with Gasteiger partial charge in [0, 0.05) is 24.8 Å². The molecular formula is C21H25N3O3. The molecule has 1 aromatic carbocycles. The minimum Gasteiger partial charge on any atom is -0.329 e. The Balaban J connectivity index is 1.64. The fraction of sp³-hybridized carbons (Fsp3) is 0.476. The Morgan fingerprint density at radius 1 is 1.00 bits per heavy atom. The van der Waals surface area contributed by atoms with Crippen molar-refractivity contribution in [3.63, 3.8) is 0 Å². The van der Waals surface area contributed by atoms with E-state index in [2.05, 4.69) is 30.6 Å². The number of imide groups is 1. The number of benzene rings is 1. The van der Waals surface area contributed by atoms with E-state index in [1.807, 2.05) is 12.1 Å². The van der Waals surface area contributed by atoms with Gasteiger partial charge in [-0.25, -0.2) is 0 Å². The lowest BCUT2D eigenvalue weighted by Crippen LogP contribution is -2.51. The van der Waals surface area contributed by atoms with Crippen molar-refractivity contribution in [3.8, 4) is 0 Å². The highest BCUT2D eigenvalue weighted by Gasteiger charge is 2.44. The summed E-state index contributed by atoms with van der Waals surface area (Å²) in [6.07, 6.45) is 2.74. The minimum absolute atomic E-state index is 0.324. The minimum atomic E-state index is -0.751. The van der Waals surface area contributed by atoms with Crippen LogP contribution < -0.4 is 5.32 Å². The van der Waals surface area contributed by atoms with Gasteiger partial charge in [-0.15, -0.1) is 0 Å². The van der Waals surface area contributed by atoms with E-state index >= 15 is 0 Å². The SMILES string of the molecule is C=C1CCC(N2C(=O)c3cc4c(cc3C2=O)CCN(C(C)C)CC4)C(=O)N1. The van der Waals surface area contributed by atoms with E-state index in [1.54, 1.807) is 0 Å². The molecule has 0 saturated carbocycles. The summed E-state index contributed by atoms with van der Waals surface area (Å²) in [5.41, 5.74) is 3.79. The maximum atomic E-state index is 13.0. The number of carbonyl (C=O) groups is 3. The van der Waals surface area contributed by atoms with E-state index in [4.69, 9.17) is 0 Å². The van der Waals surface area contributed by atoms with E-state index in [0.717, 1.165) is 42.0 Å². The highest BCUT2D eigenvalue weighted by Crippen LogP contribution is 2.31. The van der Waals surface area contributed by atoms with Gasteiger partial charge in [-0.05, 0) is 62.8 Å². The molecule has 0 radical (unpaired) electrons. The van der Waals surface area contributed by atoms with Crippen LogP contribution in [0.25, 0.3) is 0 Å². The number of piperidine rings is 1. The zero-order valence-corrected chi connectivity index (χ0v) is 15.9. The van der Waals surface area contributed by atoms with Crippen molar-refractivity contribution in [3.05, 3.63) is 46.7 Å². The van der Waals surface area contributed by atoms with Gasteiger partial charge in [0.1, 0.15) is 6.04 Å². The van der Waals surface area contributed by atoms with Crippen LogP contribution >= 0.6 is 0 Å². The lowest BCUT2D eigenvalue weighted by Gasteiger charge is -2.29. The molecule has 1 fully saturated rings. The van der Waals surface area contributed by atoms with Crippen LogP contribution in [0.3, 0.4) is 0 Å². The Labute approximate surface area is 159 Å². The first-order valence-corrected chi connectivity index (χ1v) is 9.63. The van der Waals surface area contributed by atoms with Crippen LogP contribution in [0.1, 0.15) is 58.5 Å². The van der Waals surface area contributed by atoms with Crippen molar-refractivity contribution < 1.29 is 14.4 Å². The number of nitrogens with one attached hydrogen (secondary N) is 1. The summed E-state index contributed by atoms with van der Waals surface area (Å²) in [4.78, 5) is 41.8. The summed E-state index contributed by atoms with van der Waals surface area (Å²) in [6, 6.07) is 3.49. The van der Waals surface area contributed by atoms with Crippen LogP contribution in [0, 0.1) is 0 Å². The van der Waals surface area contributed by atoms with Crippen molar-refractivity contribution in [1.82, 2.24) is 15.1 Å². The number of nitrogens with zero attached hydrogens (tertiary/aromatic N) is 2. The summed E-state index contributed by atoms with van der Waals surface area (Å²) >= 11 is 0. The number of allylic oxidation sites excluding steroid dienone is 1. The molecule has 0 aromatic heterocycles. The molecule has 4 rings (SSSR count). The molecule has 27 heavy (non-hydrogen) atoms. The second-order valence-corrected chi connectivity index (χ2v) is 7.92. The largest absolute Gasteiger partial charge is 0.329 e. The molecule has 0 aliphatic carbocycles. The van der Waals surface area contributed by atoms with Crippen LogP contribution in [0.4, 0.5) is 0 Å². The smallest absolute Gasteiger partial charge is 0.262 e. The second kappa shape index (κ2) is 6.60. The first kappa shape index (κ1) is 17.9. The van der Waals surface area contributed by atoms with Gasteiger partial charge in [-0.3, -0.25) is 19.3 Å². The van der Waals surface area contributed by atoms with Crippen molar-refractivity contribution in [1.29, 1.82) is 0 Å². The molecule has 6 nitrogen and oxygen atoms in total. The van der Waals surface area contributed by atoms with Crippen LogP contribution in [-0.2, 0) is 17.6 Å². The molecule has 3 aliphatic heterocycles. The predicted octanol–water partition coefficient (Wildman–Crippen LogP) is 1.88. The molecule has 142 valence electrons. The molecule has 1 N–H and O–H groups in total. The standard InChI is InChI=1S/C21H25N3O3/c1-12(2)23-8-6-14-10-16-17(11-15(14)7-9-23)21(27)24(20(16)26)18-5-4-13(3)22-19(18)25/h10-12,18H,3-9H2,1-2H3,(H,22,25). The van der Waals surface area contributed by atoms with Gasteiger partial charge in [0.2, 0.25) is 5.91 Å². The van der Waals surface area contributed by atoms with Crippen LogP contribution in [-0.4, -0.2) is 52.7 Å². The highest BCUT2D eigenvalue weighted by molar-refractivity contribution is 6.23. The van der Waals surface area contributed by atoms with Crippen LogP contribution in [0.5, 0.6) is 0 Å². The van der Waals surface area contributed by atoms with E-state index in [1.165, 1.54) is 0 Å². The van der Waals surface area contributed by atoms with Gasteiger partial charge in [0.05, 0.1) is 11.1 Å². The molecule has 0 spiro atoms. The molecular weight excluding hydrogens is 342 g/mol. The summed E-state index contributed by atoms with van der Waals surface area (Å²) in [6.45, 7) is 10.0. The summed E-state index contributed by atoms with van der Waals surface area (Å²) < 4.78 is 0. The molecule has 1 aromatic rings. The van der Waals surface area contributed by atoms with Gasteiger partial charge in [0.25, 0.3) is 11.8 Å². The third-order valence-corrected chi connectivity index (χ3v) is 5.94. The maximum absolute atomic E-state index is 13.0. The molecule has 1 saturated heterocycles. The van der Waals surface area contributed by atoms with Gasteiger partial charge >= 0.3 is 0 Å². The maximum Gasteiger partial charge on any atom is 0.262 e. The molecule has 3 aliphatic rings. The Morgan fingerprint density at radius 3 is 2.04 bits per heavy atom. The van der Waals surface area contributed by atoms with Gasteiger partial charge < -0.3 is 10.2 Å². The number of amides is 3. The Bertz CT molecular complexity index is 811. The van der Waals surface area contributed by atoms with E-state index < -0.39 is 6.04 Å². The number of hydrogen-bond donors (Lipinski definition) is 1. The normalized spacial score (nSPS) is 23.4. The highest BCUT2D eigenvalue weighted by atomic mass is 16.2. The number of fused-ring (bicyclic) bond motifs is 2. The fourth-order valence-electron chi connectivity index (χ4n) is 4.31. The quantitative estimate of drug-likeness (QED) is 0.811. The molecule has 1 atom stereocenters. The van der Waals surface area contributed by atoms with E-state index in [0.29, 0.717) is 35.7 Å². The van der Waals surface area contributed by atoms with Crippen molar-refractivity contribution >= 4 is 17.7 Å². The molecule has 3 heterocycles. The van der Waals surface area contributed by atoms with Gasteiger partial charge in [0.15, 0.2) is 0 Å². The van der Waals surface area contributed by atoms with E-state index in [9.17, 15) is 14.4 Å². The average Bonchev–Trinajstić information content (AvgIpc) is 2.77. The van der Waals surface area contributed by atoms with Crippen molar-refractivity contribution in [2.24, 2.45) is 0 Å². The van der Waals surface area contributed by atoms with Crippen LogP contribution in [0.15, 0.2) is 24.4 Å². The van der Waals surface area contributed by atoms with Crippen molar-refractivity contribution in [2.45, 2.75) is 51.6 Å². The number of rotatable bonds is 2. The Kier molecular flexibility index (Phi) is 4.38. The first-order valence-electron chi connectivity index (χ1n) is 9.63. The third-order valence-electron chi connectivity index (χ3n) is 5.94. The lowest BCUT2D eigenvalue weighted by molar-refractivity contribution is -0.125. The third kappa shape index (κ3) is 2.98.